The van der Waals surface area contributed by atoms with Crippen molar-refractivity contribution in [3.63, 3.8) is 0 Å². The lowest BCUT2D eigenvalue weighted by molar-refractivity contribution is 0.188. The minimum Gasteiger partial charge on any atom is -0.391 e. The molecular formula is C18H27IN4O. The Balaban J connectivity index is 0.00000208. The maximum atomic E-state index is 9.72. The lowest BCUT2D eigenvalue weighted by Gasteiger charge is -2.21. The number of β-amino-alcohol motifs (C(OH)–C–C–N with tert-alkyl or cyclic N) is 1. The van der Waals surface area contributed by atoms with Crippen LogP contribution in [0.15, 0.2) is 41.4 Å². The van der Waals surface area contributed by atoms with E-state index in [4.69, 9.17) is 4.99 Å². The van der Waals surface area contributed by atoms with Gasteiger partial charge in [0.05, 0.1) is 12.6 Å². The number of aliphatic hydroxyl groups excluding tert-OH is 1. The second-order valence-electron chi connectivity index (χ2n) is 6.10. The first-order chi connectivity index (χ1) is 11.3. The Labute approximate surface area is 161 Å². The standard InChI is InChI=1S/C18H26N4O.HI/c1-2-19-18(22-11-8-17(23)14-22)20-13-15-6-5-7-16(12-15)21-9-3-4-10-21;/h3-7,12,17,23H,2,8-11,13-14H2,1H3,(H,19,20);1H/t17-;/m1./s1. The molecule has 0 unspecified atom stereocenters. The summed E-state index contributed by atoms with van der Waals surface area (Å²) in [6.45, 7) is 7.08. The maximum absolute atomic E-state index is 9.72. The molecule has 0 saturated carbocycles. The maximum Gasteiger partial charge on any atom is 0.194 e. The molecule has 1 aromatic carbocycles. The second-order valence-corrected chi connectivity index (χ2v) is 6.10. The van der Waals surface area contributed by atoms with E-state index in [1.54, 1.807) is 0 Å². The van der Waals surface area contributed by atoms with Gasteiger partial charge >= 0.3 is 0 Å². The number of nitrogens with zero attached hydrogens (tertiary/aromatic N) is 3. The van der Waals surface area contributed by atoms with Crippen molar-refractivity contribution in [2.45, 2.75) is 26.0 Å². The molecule has 0 spiro atoms. The minimum absolute atomic E-state index is 0. The van der Waals surface area contributed by atoms with Gasteiger partial charge in [-0.2, -0.15) is 0 Å². The number of likely N-dealkylation sites (tertiary alicyclic amines) is 1. The molecule has 24 heavy (non-hydrogen) atoms. The number of nitrogens with one attached hydrogen (secondary N) is 1. The van der Waals surface area contributed by atoms with Crippen molar-refractivity contribution in [2.75, 3.05) is 37.6 Å². The molecule has 5 nitrogen and oxygen atoms in total. The number of aliphatic imine (C=N–C) groups is 1. The summed E-state index contributed by atoms with van der Waals surface area (Å²) in [6, 6.07) is 8.60. The SMILES string of the molecule is CCNC(=NCc1cccc(N2CC=CC2)c1)N1CC[C@@H](O)C1.I. The van der Waals surface area contributed by atoms with E-state index < -0.39 is 0 Å². The summed E-state index contributed by atoms with van der Waals surface area (Å²) in [4.78, 5) is 9.24. The van der Waals surface area contributed by atoms with E-state index in [0.717, 1.165) is 38.6 Å². The lowest BCUT2D eigenvalue weighted by atomic mass is 10.2. The van der Waals surface area contributed by atoms with Crippen LogP contribution in [0, 0.1) is 0 Å². The molecule has 6 heteroatoms. The average Bonchev–Trinajstić information content (AvgIpc) is 3.23. The highest BCUT2D eigenvalue weighted by Crippen LogP contribution is 2.19. The molecule has 2 aliphatic rings. The number of anilines is 1. The molecule has 1 aromatic rings. The molecule has 2 aliphatic heterocycles. The van der Waals surface area contributed by atoms with Gasteiger partial charge in [-0.1, -0.05) is 24.3 Å². The first kappa shape index (κ1) is 19.1. The van der Waals surface area contributed by atoms with Gasteiger partial charge < -0.3 is 20.2 Å². The highest BCUT2D eigenvalue weighted by atomic mass is 127. The third-order valence-corrected chi connectivity index (χ3v) is 4.30. The molecule has 0 bridgehead atoms. The third kappa shape index (κ3) is 4.86. The second kappa shape index (κ2) is 9.27. The fraction of sp³-hybridized carbons (Fsp3) is 0.500. The molecule has 0 radical (unpaired) electrons. The number of hydrogen-bond acceptors (Lipinski definition) is 3. The molecule has 1 saturated heterocycles. The molecule has 3 rings (SSSR count). The van der Waals surface area contributed by atoms with Crippen molar-refractivity contribution in [1.82, 2.24) is 10.2 Å². The Morgan fingerprint density at radius 1 is 1.33 bits per heavy atom. The molecule has 0 aliphatic carbocycles. The van der Waals surface area contributed by atoms with Crippen molar-refractivity contribution in [3.05, 3.63) is 42.0 Å². The third-order valence-electron chi connectivity index (χ3n) is 4.30. The number of hydrogen-bond donors (Lipinski definition) is 2. The van der Waals surface area contributed by atoms with Crippen LogP contribution in [-0.4, -0.2) is 54.8 Å². The van der Waals surface area contributed by atoms with Gasteiger partial charge in [-0.3, -0.25) is 0 Å². The van der Waals surface area contributed by atoms with Crippen LogP contribution in [0.3, 0.4) is 0 Å². The molecule has 0 aromatic heterocycles. The molecular weight excluding hydrogens is 415 g/mol. The van der Waals surface area contributed by atoms with E-state index >= 15 is 0 Å². The zero-order chi connectivity index (χ0) is 16.1. The predicted octanol–water partition coefficient (Wildman–Crippen LogP) is 2.21. The zero-order valence-electron chi connectivity index (χ0n) is 14.2. The summed E-state index contributed by atoms with van der Waals surface area (Å²) in [5, 5.41) is 13.1. The van der Waals surface area contributed by atoms with Crippen molar-refractivity contribution < 1.29 is 5.11 Å². The van der Waals surface area contributed by atoms with Crippen LogP contribution in [0.25, 0.3) is 0 Å². The van der Waals surface area contributed by atoms with Crippen LogP contribution in [0.4, 0.5) is 5.69 Å². The Hall–Kier alpha value is -1.28. The van der Waals surface area contributed by atoms with Gasteiger partial charge in [0.1, 0.15) is 0 Å². The van der Waals surface area contributed by atoms with Crippen LogP contribution in [0.1, 0.15) is 18.9 Å². The van der Waals surface area contributed by atoms with E-state index in [2.05, 4.69) is 58.5 Å². The molecule has 1 fully saturated rings. The van der Waals surface area contributed by atoms with Crippen molar-refractivity contribution in [1.29, 1.82) is 0 Å². The van der Waals surface area contributed by atoms with Crippen LogP contribution < -0.4 is 10.2 Å². The van der Waals surface area contributed by atoms with Gasteiger partial charge in [0, 0.05) is 38.4 Å². The van der Waals surface area contributed by atoms with Gasteiger partial charge in [0.25, 0.3) is 0 Å². The molecule has 0 amide bonds. The number of rotatable bonds is 4. The lowest BCUT2D eigenvalue weighted by Crippen LogP contribution is -2.40. The number of aliphatic hydroxyl groups is 1. The van der Waals surface area contributed by atoms with Crippen LogP contribution in [0.2, 0.25) is 0 Å². The first-order valence-corrected chi connectivity index (χ1v) is 8.46. The van der Waals surface area contributed by atoms with E-state index in [9.17, 15) is 5.11 Å². The predicted molar refractivity (Wildman–Crippen MR) is 110 cm³/mol. The summed E-state index contributed by atoms with van der Waals surface area (Å²) >= 11 is 0. The van der Waals surface area contributed by atoms with Gasteiger partial charge in [-0.15, -0.1) is 24.0 Å². The molecule has 2 N–H and O–H groups in total. The monoisotopic (exact) mass is 442 g/mol. The largest absolute Gasteiger partial charge is 0.391 e. The Kier molecular flexibility index (Phi) is 7.36. The van der Waals surface area contributed by atoms with Crippen molar-refractivity contribution >= 4 is 35.6 Å². The number of halogens is 1. The van der Waals surface area contributed by atoms with E-state index in [1.807, 2.05) is 0 Å². The highest BCUT2D eigenvalue weighted by Gasteiger charge is 2.22. The van der Waals surface area contributed by atoms with E-state index in [1.165, 1.54) is 11.3 Å². The molecule has 2 heterocycles. The Bertz CT molecular complexity index is 582. The summed E-state index contributed by atoms with van der Waals surface area (Å²) in [6.07, 6.45) is 4.99. The van der Waals surface area contributed by atoms with Gasteiger partial charge in [0.15, 0.2) is 5.96 Å². The molecule has 132 valence electrons. The Morgan fingerprint density at radius 3 is 2.79 bits per heavy atom. The van der Waals surface area contributed by atoms with Crippen molar-refractivity contribution in [2.24, 2.45) is 4.99 Å². The zero-order valence-corrected chi connectivity index (χ0v) is 16.5. The van der Waals surface area contributed by atoms with Crippen LogP contribution in [-0.2, 0) is 6.54 Å². The molecule has 1 atom stereocenters. The number of guanidine groups is 1. The van der Waals surface area contributed by atoms with Crippen LogP contribution in [0.5, 0.6) is 0 Å². The highest BCUT2D eigenvalue weighted by molar-refractivity contribution is 14.0. The minimum atomic E-state index is -0.232. The summed E-state index contributed by atoms with van der Waals surface area (Å²) in [5.74, 6) is 0.900. The fourth-order valence-corrected chi connectivity index (χ4v) is 3.07. The quantitative estimate of drug-likeness (QED) is 0.325. The van der Waals surface area contributed by atoms with Crippen LogP contribution >= 0.6 is 24.0 Å². The normalized spacial score (nSPS) is 20.4. The number of benzene rings is 1. The smallest absolute Gasteiger partial charge is 0.194 e. The van der Waals surface area contributed by atoms with Gasteiger partial charge in [0.2, 0.25) is 0 Å². The summed E-state index contributed by atoms with van der Waals surface area (Å²) in [5.41, 5.74) is 2.47. The van der Waals surface area contributed by atoms with Crippen molar-refractivity contribution in [3.8, 4) is 0 Å². The summed E-state index contributed by atoms with van der Waals surface area (Å²) < 4.78 is 0. The first-order valence-electron chi connectivity index (χ1n) is 8.46. The van der Waals surface area contributed by atoms with E-state index in [-0.39, 0.29) is 30.1 Å². The van der Waals surface area contributed by atoms with Gasteiger partial charge in [-0.25, -0.2) is 4.99 Å². The van der Waals surface area contributed by atoms with E-state index in [0.29, 0.717) is 13.1 Å². The summed E-state index contributed by atoms with van der Waals surface area (Å²) in [7, 11) is 0. The topological polar surface area (TPSA) is 51.1 Å². The average molecular weight is 442 g/mol. The Morgan fingerprint density at radius 2 is 2.12 bits per heavy atom. The van der Waals surface area contributed by atoms with Gasteiger partial charge in [-0.05, 0) is 31.0 Å². The fourth-order valence-electron chi connectivity index (χ4n) is 3.07.